The van der Waals surface area contributed by atoms with Crippen molar-refractivity contribution in [1.82, 2.24) is 0 Å². The van der Waals surface area contributed by atoms with Gasteiger partial charge in [0.25, 0.3) is 0 Å². The van der Waals surface area contributed by atoms with Crippen LogP contribution in [0.2, 0.25) is 0 Å². The lowest BCUT2D eigenvalue weighted by molar-refractivity contribution is 0.477. The summed E-state index contributed by atoms with van der Waals surface area (Å²) in [4.78, 5) is 0. The molecule has 19 heavy (non-hydrogen) atoms. The van der Waals surface area contributed by atoms with Crippen molar-refractivity contribution in [1.29, 1.82) is 10.5 Å². The van der Waals surface area contributed by atoms with Crippen LogP contribution in [0.4, 0.5) is 5.69 Å². The summed E-state index contributed by atoms with van der Waals surface area (Å²) in [5.41, 5.74) is 3.81. The number of hydrogen-bond donors (Lipinski definition) is 2. The van der Waals surface area contributed by atoms with E-state index in [1.807, 2.05) is 13.0 Å². The Kier molecular flexibility index (Phi) is 3.31. The molecule has 2 aromatic rings. The second-order valence-electron chi connectivity index (χ2n) is 3.93. The Labute approximate surface area is 110 Å². The topological polar surface area (TPSA) is 92.2 Å². The van der Waals surface area contributed by atoms with Crippen LogP contribution in [-0.2, 0) is 0 Å². The third-order valence-electron chi connectivity index (χ3n) is 2.73. The van der Waals surface area contributed by atoms with Crippen LogP contribution in [0.5, 0.6) is 5.75 Å². The summed E-state index contributed by atoms with van der Waals surface area (Å²) in [6.45, 7) is 1.82. The quantitative estimate of drug-likeness (QED) is 0.633. The van der Waals surface area contributed by atoms with Gasteiger partial charge < -0.3 is 5.11 Å². The second kappa shape index (κ2) is 5.07. The number of phenols is 1. The number of nitriles is 2. The van der Waals surface area contributed by atoms with Crippen LogP contribution in [0.1, 0.15) is 5.56 Å². The van der Waals surface area contributed by atoms with Crippen LogP contribution >= 0.6 is 0 Å². The van der Waals surface area contributed by atoms with Gasteiger partial charge in [0.1, 0.15) is 17.9 Å². The number of fused-ring (bicyclic) bond motifs is 1. The van der Waals surface area contributed by atoms with Crippen LogP contribution in [0.15, 0.2) is 35.4 Å². The zero-order valence-electron chi connectivity index (χ0n) is 10.2. The molecule has 0 aliphatic rings. The van der Waals surface area contributed by atoms with E-state index in [2.05, 4.69) is 10.5 Å². The third-order valence-corrected chi connectivity index (χ3v) is 2.73. The highest BCUT2D eigenvalue weighted by Gasteiger charge is 2.06. The van der Waals surface area contributed by atoms with Crippen molar-refractivity contribution in [3.05, 3.63) is 35.9 Å². The molecule has 2 rings (SSSR count). The normalized spacial score (nSPS) is 9.42. The van der Waals surface area contributed by atoms with E-state index in [4.69, 9.17) is 10.5 Å². The molecular weight excluding hydrogens is 240 g/mol. The van der Waals surface area contributed by atoms with E-state index in [0.29, 0.717) is 11.1 Å². The first-order valence-corrected chi connectivity index (χ1v) is 5.52. The molecule has 0 spiro atoms. The SMILES string of the molecule is Cc1ccc2c(NN=C(C#N)C#N)cccc2c1O. The highest BCUT2D eigenvalue weighted by molar-refractivity contribution is 6.10. The number of benzene rings is 2. The Morgan fingerprint density at radius 3 is 2.58 bits per heavy atom. The van der Waals surface area contributed by atoms with Gasteiger partial charge >= 0.3 is 0 Å². The fraction of sp³-hybridized carbons (Fsp3) is 0.0714. The Morgan fingerprint density at radius 2 is 1.89 bits per heavy atom. The summed E-state index contributed by atoms with van der Waals surface area (Å²) in [6.07, 6.45) is 0. The van der Waals surface area contributed by atoms with Crippen molar-refractivity contribution >= 4 is 22.2 Å². The molecule has 0 bridgehead atoms. The molecule has 2 aromatic carbocycles. The summed E-state index contributed by atoms with van der Waals surface area (Å²) in [5.74, 6) is 0.214. The molecule has 92 valence electrons. The van der Waals surface area contributed by atoms with E-state index >= 15 is 0 Å². The number of phenolic OH excluding ortho intramolecular Hbond substituents is 1. The predicted molar refractivity (Wildman–Crippen MR) is 72.6 cm³/mol. The molecule has 0 atom stereocenters. The average molecular weight is 250 g/mol. The van der Waals surface area contributed by atoms with Crippen molar-refractivity contribution < 1.29 is 5.11 Å². The van der Waals surface area contributed by atoms with Crippen molar-refractivity contribution in [2.45, 2.75) is 6.92 Å². The molecule has 0 fully saturated rings. The van der Waals surface area contributed by atoms with Gasteiger partial charge in [0.2, 0.25) is 5.71 Å². The largest absolute Gasteiger partial charge is 0.507 e. The molecular formula is C14H10N4O. The van der Waals surface area contributed by atoms with Gasteiger partial charge in [0.05, 0.1) is 5.69 Å². The van der Waals surface area contributed by atoms with Crippen LogP contribution in [0.25, 0.3) is 10.8 Å². The number of aromatic hydroxyl groups is 1. The van der Waals surface area contributed by atoms with Gasteiger partial charge in [-0.05, 0) is 18.6 Å². The molecule has 0 radical (unpaired) electrons. The second-order valence-corrected chi connectivity index (χ2v) is 3.93. The highest BCUT2D eigenvalue weighted by Crippen LogP contribution is 2.32. The van der Waals surface area contributed by atoms with Gasteiger partial charge in [0, 0.05) is 10.8 Å². The number of aryl methyl sites for hydroxylation is 1. The number of anilines is 1. The minimum atomic E-state index is -0.256. The summed E-state index contributed by atoms with van der Waals surface area (Å²) >= 11 is 0. The lowest BCUT2D eigenvalue weighted by Gasteiger charge is -2.08. The smallest absolute Gasteiger partial charge is 0.237 e. The van der Waals surface area contributed by atoms with Crippen LogP contribution in [0, 0.1) is 29.6 Å². The van der Waals surface area contributed by atoms with E-state index in [1.165, 1.54) is 0 Å². The minimum absolute atomic E-state index is 0.214. The van der Waals surface area contributed by atoms with E-state index < -0.39 is 0 Å². The molecule has 0 saturated heterocycles. The molecule has 2 N–H and O–H groups in total. The Bertz CT molecular complexity index is 734. The maximum absolute atomic E-state index is 9.98. The Morgan fingerprint density at radius 1 is 1.16 bits per heavy atom. The maximum atomic E-state index is 9.98. The van der Waals surface area contributed by atoms with Crippen molar-refractivity contribution in [2.75, 3.05) is 5.43 Å². The molecule has 5 heteroatoms. The van der Waals surface area contributed by atoms with Crippen molar-refractivity contribution in [3.63, 3.8) is 0 Å². The number of hydrazone groups is 1. The van der Waals surface area contributed by atoms with Gasteiger partial charge in [-0.15, -0.1) is 0 Å². The predicted octanol–water partition coefficient (Wildman–Crippen LogP) is 2.67. The van der Waals surface area contributed by atoms with Crippen LogP contribution in [-0.4, -0.2) is 10.8 Å². The molecule has 0 aliphatic heterocycles. The zero-order valence-corrected chi connectivity index (χ0v) is 10.2. The van der Waals surface area contributed by atoms with Gasteiger partial charge in [-0.25, -0.2) is 0 Å². The van der Waals surface area contributed by atoms with Crippen molar-refractivity contribution in [2.24, 2.45) is 5.10 Å². The molecule has 0 aliphatic carbocycles. The van der Waals surface area contributed by atoms with E-state index in [1.54, 1.807) is 36.4 Å². The zero-order chi connectivity index (χ0) is 13.8. The van der Waals surface area contributed by atoms with Crippen molar-refractivity contribution in [3.8, 4) is 17.9 Å². The molecule has 5 nitrogen and oxygen atoms in total. The number of nitrogens with one attached hydrogen (secondary N) is 1. The molecule has 0 unspecified atom stereocenters. The van der Waals surface area contributed by atoms with E-state index in [0.717, 1.165) is 10.9 Å². The summed E-state index contributed by atoms with van der Waals surface area (Å²) < 4.78 is 0. The van der Waals surface area contributed by atoms with Gasteiger partial charge in [-0.1, -0.05) is 24.3 Å². The first kappa shape index (κ1) is 12.4. The highest BCUT2D eigenvalue weighted by atomic mass is 16.3. The fourth-order valence-electron chi connectivity index (χ4n) is 1.74. The molecule has 0 amide bonds. The summed E-state index contributed by atoms with van der Waals surface area (Å²) in [6, 6.07) is 12.3. The van der Waals surface area contributed by atoms with E-state index in [-0.39, 0.29) is 11.5 Å². The summed E-state index contributed by atoms with van der Waals surface area (Å²) in [5, 5.41) is 32.4. The number of nitrogens with zero attached hydrogens (tertiary/aromatic N) is 3. The van der Waals surface area contributed by atoms with Gasteiger partial charge in [0.15, 0.2) is 0 Å². The molecule has 0 heterocycles. The fourth-order valence-corrected chi connectivity index (χ4v) is 1.74. The van der Waals surface area contributed by atoms with Gasteiger partial charge in [-0.3, -0.25) is 5.43 Å². The molecule has 0 aromatic heterocycles. The minimum Gasteiger partial charge on any atom is -0.507 e. The Balaban J connectivity index is 2.52. The lowest BCUT2D eigenvalue weighted by Crippen LogP contribution is -1.97. The summed E-state index contributed by atoms with van der Waals surface area (Å²) in [7, 11) is 0. The first-order chi connectivity index (χ1) is 9.17. The lowest BCUT2D eigenvalue weighted by atomic mass is 10.0. The third kappa shape index (κ3) is 2.31. The number of hydrogen-bond acceptors (Lipinski definition) is 5. The maximum Gasteiger partial charge on any atom is 0.237 e. The standard InChI is InChI=1S/C14H10N4O/c1-9-5-6-11-12(14(9)19)3-2-4-13(11)18-17-10(7-15)8-16/h2-6,18-19H,1H3. The monoisotopic (exact) mass is 250 g/mol. The average Bonchev–Trinajstić information content (AvgIpc) is 2.44. The molecule has 0 saturated carbocycles. The van der Waals surface area contributed by atoms with Gasteiger partial charge in [-0.2, -0.15) is 15.6 Å². The van der Waals surface area contributed by atoms with E-state index in [9.17, 15) is 5.11 Å². The first-order valence-electron chi connectivity index (χ1n) is 5.52. The Hall–Kier alpha value is -3.05. The van der Waals surface area contributed by atoms with Crippen LogP contribution in [0.3, 0.4) is 0 Å². The van der Waals surface area contributed by atoms with Crippen LogP contribution < -0.4 is 5.43 Å². The number of rotatable bonds is 2.